The van der Waals surface area contributed by atoms with E-state index in [4.69, 9.17) is 0 Å². The molecule has 2 atom stereocenters. The zero-order valence-electron chi connectivity index (χ0n) is 14.7. The maximum atomic E-state index is 12.8. The number of aliphatic hydroxyl groups is 1. The largest absolute Gasteiger partial charge is 0.396 e. The van der Waals surface area contributed by atoms with E-state index in [1.54, 1.807) is 4.90 Å². The van der Waals surface area contributed by atoms with Crippen LogP contribution in [0.15, 0.2) is 15.7 Å². The molecule has 0 radical (unpaired) electrons. The van der Waals surface area contributed by atoms with Gasteiger partial charge < -0.3 is 14.9 Å². The quantitative estimate of drug-likeness (QED) is 0.722. The van der Waals surface area contributed by atoms with Crippen molar-refractivity contribution in [1.29, 1.82) is 0 Å². The van der Waals surface area contributed by atoms with Crippen LogP contribution in [0, 0.1) is 11.8 Å². The molecular weight excluding hydrogens is 312 g/mol. The molecule has 0 bridgehead atoms. The molecule has 1 aliphatic rings. The van der Waals surface area contributed by atoms with Crippen molar-refractivity contribution in [3.8, 4) is 0 Å². The fourth-order valence-electron chi connectivity index (χ4n) is 3.15. The number of aromatic nitrogens is 2. The van der Waals surface area contributed by atoms with Gasteiger partial charge in [-0.3, -0.25) is 18.7 Å². The third-order valence-electron chi connectivity index (χ3n) is 4.93. The first-order chi connectivity index (χ1) is 11.3. The van der Waals surface area contributed by atoms with Crippen molar-refractivity contribution in [2.75, 3.05) is 39.8 Å². The Morgan fingerprint density at radius 3 is 2.46 bits per heavy atom. The van der Waals surface area contributed by atoms with Gasteiger partial charge in [0, 0.05) is 52.3 Å². The summed E-state index contributed by atoms with van der Waals surface area (Å²) < 4.78 is 2.17. The highest BCUT2D eigenvalue weighted by Gasteiger charge is 2.36. The highest BCUT2D eigenvalue weighted by atomic mass is 16.3. The topological polar surface area (TPSA) is 87.8 Å². The summed E-state index contributed by atoms with van der Waals surface area (Å²) in [7, 11) is 4.87. The molecule has 0 aromatic carbocycles. The van der Waals surface area contributed by atoms with E-state index >= 15 is 0 Å². The van der Waals surface area contributed by atoms with Crippen LogP contribution in [0.5, 0.6) is 0 Å². The van der Waals surface area contributed by atoms with Crippen molar-refractivity contribution in [3.63, 3.8) is 0 Å². The summed E-state index contributed by atoms with van der Waals surface area (Å²) in [5, 5.41) is 9.61. The van der Waals surface area contributed by atoms with Crippen LogP contribution in [-0.4, -0.2) is 69.8 Å². The first-order valence-corrected chi connectivity index (χ1v) is 8.15. The summed E-state index contributed by atoms with van der Waals surface area (Å²) in [6, 6.07) is 1.20. The van der Waals surface area contributed by atoms with Crippen molar-refractivity contribution in [3.05, 3.63) is 32.6 Å². The highest BCUT2D eigenvalue weighted by Crippen LogP contribution is 2.25. The summed E-state index contributed by atoms with van der Waals surface area (Å²) in [6.45, 7) is 4.70. The normalized spacial score (nSPS) is 20.8. The Hall–Kier alpha value is -1.93. The number of amides is 1. The number of carbonyl (C=O) groups excluding carboxylic acids is 1. The maximum Gasteiger partial charge on any atom is 0.331 e. The molecule has 0 unspecified atom stereocenters. The van der Waals surface area contributed by atoms with Gasteiger partial charge in [0.25, 0.3) is 11.5 Å². The van der Waals surface area contributed by atoms with Gasteiger partial charge in [0.15, 0.2) is 0 Å². The van der Waals surface area contributed by atoms with E-state index in [1.807, 2.05) is 7.05 Å². The van der Waals surface area contributed by atoms with Crippen LogP contribution in [-0.2, 0) is 14.1 Å². The van der Waals surface area contributed by atoms with Crippen molar-refractivity contribution >= 4 is 5.91 Å². The number of carbonyl (C=O) groups is 1. The SMILES string of the molecule is CCN(C)C[C@@H]1CN(C(=O)c2cc(=O)n(C)c(=O)n2C)C[C@@H]1CO. The molecule has 2 heterocycles. The minimum atomic E-state index is -0.522. The Labute approximate surface area is 140 Å². The van der Waals surface area contributed by atoms with Crippen LogP contribution in [0.3, 0.4) is 0 Å². The highest BCUT2D eigenvalue weighted by molar-refractivity contribution is 5.92. The van der Waals surface area contributed by atoms with Crippen molar-refractivity contribution < 1.29 is 9.90 Å². The van der Waals surface area contributed by atoms with Crippen LogP contribution in [0.4, 0.5) is 0 Å². The standard InChI is InChI=1S/C16H26N4O4/c1-5-17(2)7-11-8-20(9-12(11)10-21)15(23)13-6-14(22)19(4)16(24)18(13)3/h6,11-12,21H,5,7-10H2,1-4H3/t11-,12-/m1/s1. The molecule has 8 nitrogen and oxygen atoms in total. The molecule has 1 aromatic heterocycles. The van der Waals surface area contributed by atoms with Gasteiger partial charge in [-0.1, -0.05) is 6.92 Å². The second-order valence-corrected chi connectivity index (χ2v) is 6.54. The second kappa shape index (κ2) is 7.31. The molecule has 0 aliphatic carbocycles. The van der Waals surface area contributed by atoms with Crippen LogP contribution in [0.2, 0.25) is 0 Å². The molecule has 1 aliphatic heterocycles. The van der Waals surface area contributed by atoms with Gasteiger partial charge in [0.05, 0.1) is 0 Å². The molecule has 8 heteroatoms. The van der Waals surface area contributed by atoms with Gasteiger partial charge in [-0.15, -0.1) is 0 Å². The third kappa shape index (κ3) is 3.44. The smallest absolute Gasteiger partial charge is 0.331 e. The lowest BCUT2D eigenvalue weighted by Gasteiger charge is -2.22. The third-order valence-corrected chi connectivity index (χ3v) is 4.93. The first-order valence-electron chi connectivity index (χ1n) is 8.15. The van der Waals surface area contributed by atoms with Crippen LogP contribution in [0.1, 0.15) is 17.4 Å². The zero-order valence-corrected chi connectivity index (χ0v) is 14.7. The average molecular weight is 338 g/mol. The maximum absolute atomic E-state index is 12.8. The first kappa shape index (κ1) is 18.4. The molecule has 1 fully saturated rings. The lowest BCUT2D eigenvalue weighted by molar-refractivity contribution is 0.0767. The van der Waals surface area contributed by atoms with Gasteiger partial charge in [0.1, 0.15) is 5.69 Å². The van der Waals surface area contributed by atoms with Gasteiger partial charge in [-0.2, -0.15) is 0 Å². The Balaban J connectivity index is 2.25. The van der Waals surface area contributed by atoms with Gasteiger partial charge in [-0.05, 0) is 19.5 Å². The number of nitrogens with zero attached hydrogens (tertiary/aromatic N) is 4. The predicted molar refractivity (Wildman–Crippen MR) is 90.1 cm³/mol. The molecule has 1 N–H and O–H groups in total. The number of likely N-dealkylation sites (tertiary alicyclic amines) is 1. The van der Waals surface area contributed by atoms with Crippen molar-refractivity contribution in [2.45, 2.75) is 6.92 Å². The molecule has 0 saturated carbocycles. The Bertz CT molecular complexity index is 724. The summed E-state index contributed by atoms with van der Waals surface area (Å²) in [6.07, 6.45) is 0. The fourth-order valence-corrected chi connectivity index (χ4v) is 3.15. The predicted octanol–water partition coefficient (Wildman–Crippen LogP) is -1.28. The molecular formula is C16H26N4O4. The van der Waals surface area contributed by atoms with Gasteiger partial charge in [0.2, 0.25) is 0 Å². The van der Waals surface area contributed by atoms with E-state index in [2.05, 4.69) is 11.8 Å². The minimum Gasteiger partial charge on any atom is -0.396 e. The number of aliphatic hydroxyl groups excluding tert-OH is 1. The molecule has 2 rings (SSSR count). The summed E-state index contributed by atoms with van der Waals surface area (Å²) in [4.78, 5) is 40.4. The number of hydrogen-bond acceptors (Lipinski definition) is 5. The summed E-state index contributed by atoms with van der Waals surface area (Å²) >= 11 is 0. The van der Waals surface area contributed by atoms with E-state index < -0.39 is 11.2 Å². The fraction of sp³-hybridized carbons (Fsp3) is 0.688. The molecule has 0 spiro atoms. The molecule has 1 saturated heterocycles. The van der Waals surface area contributed by atoms with E-state index in [1.165, 1.54) is 24.7 Å². The lowest BCUT2D eigenvalue weighted by atomic mass is 9.96. The molecule has 24 heavy (non-hydrogen) atoms. The Morgan fingerprint density at radius 1 is 1.25 bits per heavy atom. The van der Waals surface area contributed by atoms with E-state index in [0.717, 1.165) is 17.7 Å². The average Bonchev–Trinajstić information content (AvgIpc) is 2.98. The summed E-state index contributed by atoms with van der Waals surface area (Å²) in [5.74, 6) is -0.161. The number of hydrogen-bond donors (Lipinski definition) is 1. The summed E-state index contributed by atoms with van der Waals surface area (Å²) in [5.41, 5.74) is -0.933. The zero-order chi connectivity index (χ0) is 18.0. The Kier molecular flexibility index (Phi) is 5.61. The van der Waals surface area contributed by atoms with Crippen LogP contribution in [0.25, 0.3) is 0 Å². The van der Waals surface area contributed by atoms with Gasteiger partial charge >= 0.3 is 5.69 Å². The van der Waals surface area contributed by atoms with Crippen molar-refractivity contribution in [2.24, 2.45) is 25.9 Å². The second-order valence-electron chi connectivity index (χ2n) is 6.54. The molecule has 134 valence electrons. The van der Waals surface area contributed by atoms with Gasteiger partial charge in [-0.25, -0.2) is 4.79 Å². The lowest BCUT2D eigenvalue weighted by Crippen LogP contribution is -2.42. The van der Waals surface area contributed by atoms with E-state index in [-0.39, 0.29) is 30.0 Å². The molecule has 1 amide bonds. The van der Waals surface area contributed by atoms with Crippen LogP contribution >= 0.6 is 0 Å². The van der Waals surface area contributed by atoms with E-state index in [9.17, 15) is 19.5 Å². The monoisotopic (exact) mass is 338 g/mol. The van der Waals surface area contributed by atoms with Crippen molar-refractivity contribution in [1.82, 2.24) is 18.9 Å². The Morgan fingerprint density at radius 2 is 1.88 bits per heavy atom. The van der Waals surface area contributed by atoms with Crippen LogP contribution < -0.4 is 11.2 Å². The minimum absolute atomic E-state index is 0.00604. The molecule has 1 aromatic rings. The van der Waals surface area contributed by atoms with E-state index in [0.29, 0.717) is 13.1 Å². The number of rotatable bonds is 5.